The van der Waals surface area contributed by atoms with Gasteiger partial charge in [0.15, 0.2) is 0 Å². The molecule has 0 unspecified atom stereocenters. The SMILES string of the molecule is O=C1CCN(CC(=O)N(C2CCCCC2)C2CCCCC2)C(=O)N1CC(=O)N(C1CCCCC1)C1CCCCC1. The monoisotopic (exact) mass is 556 g/mol. The van der Waals surface area contributed by atoms with Crippen molar-refractivity contribution in [1.82, 2.24) is 19.6 Å². The van der Waals surface area contributed by atoms with Crippen molar-refractivity contribution in [3.63, 3.8) is 0 Å². The molecule has 0 aromatic carbocycles. The Kier molecular flexibility index (Phi) is 10.4. The molecule has 0 atom stereocenters. The summed E-state index contributed by atoms with van der Waals surface area (Å²) in [5, 5.41) is 0. The lowest BCUT2D eigenvalue weighted by molar-refractivity contribution is -0.145. The Balaban J connectivity index is 1.26. The van der Waals surface area contributed by atoms with Gasteiger partial charge in [-0.25, -0.2) is 4.79 Å². The zero-order valence-electron chi connectivity index (χ0n) is 24.7. The molecular weight excluding hydrogens is 504 g/mol. The summed E-state index contributed by atoms with van der Waals surface area (Å²) in [6.45, 7) is 0.0787. The highest BCUT2D eigenvalue weighted by atomic mass is 16.2. The minimum Gasteiger partial charge on any atom is -0.335 e. The van der Waals surface area contributed by atoms with E-state index >= 15 is 0 Å². The van der Waals surface area contributed by atoms with Gasteiger partial charge >= 0.3 is 6.03 Å². The van der Waals surface area contributed by atoms with Crippen LogP contribution < -0.4 is 0 Å². The minimum absolute atomic E-state index is 0.0127. The van der Waals surface area contributed by atoms with Crippen LogP contribution in [0.3, 0.4) is 0 Å². The molecule has 0 spiro atoms. The molecule has 8 nitrogen and oxygen atoms in total. The third-order valence-electron chi connectivity index (χ3n) is 10.5. The van der Waals surface area contributed by atoms with Crippen LogP contribution in [0.5, 0.6) is 0 Å². The maximum Gasteiger partial charge on any atom is 0.327 e. The summed E-state index contributed by atoms with van der Waals surface area (Å²) in [5.41, 5.74) is 0. The van der Waals surface area contributed by atoms with E-state index in [-0.39, 0.29) is 67.9 Å². The van der Waals surface area contributed by atoms with Gasteiger partial charge in [0.25, 0.3) is 0 Å². The smallest absolute Gasteiger partial charge is 0.327 e. The molecule has 8 heteroatoms. The van der Waals surface area contributed by atoms with Crippen molar-refractivity contribution in [2.75, 3.05) is 19.6 Å². The molecule has 0 radical (unpaired) electrons. The first kappa shape index (κ1) is 29.4. The van der Waals surface area contributed by atoms with Crippen LogP contribution in [0.25, 0.3) is 0 Å². The fourth-order valence-corrected chi connectivity index (χ4v) is 8.35. The number of hydrogen-bond acceptors (Lipinski definition) is 4. The molecule has 0 bridgehead atoms. The summed E-state index contributed by atoms with van der Waals surface area (Å²) in [7, 11) is 0. The van der Waals surface area contributed by atoms with Gasteiger partial charge in [0.1, 0.15) is 13.1 Å². The predicted octanol–water partition coefficient (Wildman–Crippen LogP) is 5.63. The fourth-order valence-electron chi connectivity index (χ4n) is 8.35. The van der Waals surface area contributed by atoms with Crippen LogP contribution in [0.15, 0.2) is 0 Å². The van der Waals surface area contributed by atoms with Gasteiger partial charge in [0.05, 0.1) is 0 Å². The third-order valence-corrected chi connectivity index (χ3v) is 10.5. The molecule has 1 aliphatic heterocycles. The molecule has 40 heavy (non-hydrogen) atoms. The molecule has 0 N–H and O–H groups in total. The molecule has 5 amide bonds. The van der Waals surface area contributed by atoms with Gasteiger partial charge in [-0.05, 0) is 51.4 Å². The lowest BCUT2D eigenvalue weighted by atomic mass is 9.88. The van der Waals surface area contributed by atoms with Crippen LogP contribution in [0.1, 0.15) is 135 Å². The summed E-state index contributed by atoms with van der Waals surface area (Å²) in [4.78, 5) is 61.2. The first-order chi connectivity index (χ1) is 19.5. The Morgan fingerprint density at radius 1 is 0.550 bits per heavy atom. The summed E-state index contributed by atoms with van der Waals surface area (Å²) >= 11 is 0. The van der Waals surface area contributed by atoms with Gasteiger partial charge in [-0.15, -0.1) is 0 Å². The van der Waals surface area contributed by atoms with Crippen molar-refractivity contribution in [3.05, 3.63) is 0 Å². The molecule has 224 valence electrons. The molecule has 4 saturated carbocycles. The Morgan fingerprint density at radius 3 is 1.27 bits per heavy atom. The maximum absolute atomic E-state index is 13.8. The van der Waals surface area contributed by atoms with Gasteiger partial charge in [-0.2, -0.15) is 0 Å². The molecule has 5 aliphatic rings. The number of urea groups is 1. The fraction of sp³-hybridized carbons (Fsp3) is 0.875. The number of nitrogens with zero attached hydrogens (tertiary/aromatic N) is 4. The lowest BCUT2D eigenvalue weighted by Gasteiger charge is -2.44. The van der Waals surface area contributed by atoms with Gasteiger partial charge in [0, 0.05) is 37.1 Å². The summed E-state index contributed by atoms with van der Waals surface area (Å²) in [6.07, 6.45) is 22.5. The van der Waals surface area contributed by atoms with Crippen molar-refractivity contribution in [2.45, 2.75) is 159 Å². The van der Waals surface area contributed by atoms with E-state index in [0.29, 0.717) is 0 Å². The van der Waals surface area contributed by atoms with E-state index < -0.39 is 6.03 Å². The average molecular weight is 557 g/mol. The highest BCUT2D eigenvalue weighted by Crippen LogP contribution is 2.32. The van der Waals surface area contributed by atoms with Crippen LogP contribution in [-0.2, 0) is 14.4 Å². The number of carbonyl (C=O) groups excluding carboxylic acids is 4. The molecule has 5 rings (SSSR count). The topological polar surface area (TPSA) is 81.2 Å². The van der Waals surface area contributed by atoms with Crippen molar-refractivity contribution in [2.24, 2.45) is 0 Å². The van der Waals surface area contributed by atoms with Gasteiger partial charge in [0.2, 0.25) is 17.7 Å². The van der Waals surface area contributed by atoms with E-state index in [4.69, 9.17) is 0 Å². The van der Waals surface area contributed by atoms with Gasteiger partial charge in [-0.3, -0.25) is 19.3 Å². The van der Waals surface area contributed by atoms with Gasteiger partial charge in [-0.1, -0.05) is 77.0 Å². The molecule has 0 aromatic heterocycles. The zero-order valence-corrected chi connectivity index (χ0v) is 24.7. The Morgan fingerprint density at radius 2 is 0.900 bits per heavy atom. The van der Waals surface area contributed by atoms with E-state index in [1.807, 2.05) is 0 Å². The van der Waals surface area contributed by atoms with Gasteiger partial charge < -0.3 is 14.7 Å². The summed E-state index contributed by atoms with van der Waals surface area (Å²) in [5.74, 6) is -0.343. The summed E-state index contributed by atoms with van der Waals surface area (Å²) < 4.78 is 0. The minimum atomic E-state index is -0.461. The first-order valence-electron chi connectivity index (χ1n) is 16.7. The van der Waals surface area contributed by atoms with Crippen LogP contribution in [0, 0.1) is 0 Å². The second kappa shape index (κ2) is 14.2. The second-order valence-electron chi connectivity index (χ2n) is 13.2. The maximum atomic E-state index is 13.8. The molecule has 5 fully saturated rings. The molecule has 1 saturated heterocycles. The molecule has 1 heterocycles. The standard InChI is InChI=1S/C32H52N4O4/c37-29-21-22-33(23-30(38)35(25-13-5-1-6-14-25)26-15-7-2-8-16-26)32(40)34(29)24-31(39)36(27-17-9-3-10-18-27)28-19-11-4-12-20-28/h25-28H,1-24H2. The second-order valence-corrected chi connectivity index (χ2v) is 13.2. The highest BCUT2D eigenvalue weighted by Gasteiger charge is 2.40. The lowest BCUT2D eigenvalue weighted by Crippen LogP contribution is -2.60. The van der Waals surface area contributed by atoms with E-state index in [1.165, 1.54) is 25.7 Å². The highest BCUT2D eigenvalue weighted by molar-refractivity contribution is 6.01. The zero-order chi connectivity index (χ0) is 27.9. The Labute approximate surface area is 241 Å². The van der Waals surface area contributed by atoms with E-state index in [9.17, 15) is 19.2 Å². The van der Waals surface area contributed by atoms with E-state index in [0.717, 1.165) is 108 Å². The normalized spacial score (nSPS) is 24.8. The molecule has 0 aromatic rings. The third kappa shape index (κ3) is 7.02. The number of hydrogen-bond donors (Lipinski definition) is 0. The number of amides is 5. The number of imide groups is 1. The average Bonchev–Trinajstić information content (AvgIpc) is 2.99. The van der Waals surface area contributed by atoms with Crippen LogP contribution in [0.4, 0.5) is 4.79 Å². The predicted molar refractivity (Wildman–Crippen MR) is 154 cm³/mol. The van der Waals surface area contributed by atoms with Crippen molar-refractivity contribution in [1.29, 1.82) is 0 Å². The van der Waals surface area contributed by atoms with Crippen LogP contribution in [0.2, 0.25) is 0 Å². The number of carbonyl (C=O) groups is 4. The van der Waals surface area contributed by atoms with E-state index in [1.54, 1.807) is 4.90 Å². The molecule has 4 aliphatic carbocycles. The van der Waals surface area contributed by atoms with Crippen molar-refractivity contribution < 1.29 is 19.2 Å². The van der Waals surface area contributed by atoms with Crippen molar-refractivity contribution in [3.8, 4) is 0 Å². The first-order valence-corrected chi connectivity index (χ1v) is 16.7. The van der Waals surface area contributed by atoms with Crippen molar-refractivity contribution >= 4 is 23.8 Å². The quantitative estimate of drug-likeness (QED) is 0.388. The van der Waals surface area contributed by atoms with Crippen LogP contribution >= 0.6 is 0 Å². The molecular formula is C32H52N4O4. The largest absolute Gasteiger partial charge is 0.335 e. The Hall–Kier alpha value is -2.12. The van der Waals surface area contributed by atoms with E-state index in [2.05, 4.69) is 9.80 Å². The Bertz CT molecular complexity index is 849. The summed E-state index contributed by atoms with van der Waals surface area (Å²) in [6, 6.07) is 0.511. The van der Waals surface area contributed by atoms with Crippen LogP contribution in [-0.4, -0.2) is 87.2 Å². The number of rotatable bonds is 8.